The summed E-state index contributed by atoms with van der Waals surface area (Å²) in [4.78, 5) is 0. The first-order chi connectivity index (χ1) is 5.27. The number of hydrogen-bond acceptors (Lipinski definition) is 3. The fraction of sp³-hybridized carbons (Fsp3) is 0.143. The molecule has 0 saturated carbocycles. The molecule has 60 valence electrons. The number of benzene rings is 1. The van der Waals surface area contributed by atoms with Crippen LogP contribution in [0.2, 0.25) is 0 Å². The van der Waals surface area contributed by atoms with Crippen LogP contribution < -0.4 is 17.0 Å². The minimum Gasteiger partial charge on any atom is -0.397 e. The SMILES string of the molecule is NNc1ccc(CCl)cc1N. The molecule has 0 aromatic heterocycles. The summed E-state index contributed by atoms with van der Waals surface area (Å²) in [5.41, 5.74) is 10.4. The van der Waals surface area contributed by atoms with Crippen LogP contribution in [0.15, 0.2) is 18.2 Å². The molecular formula is C7H10ClN3. The Bertz CT molecular complexity index is 249. The molecule has 1 aromatic carbocycles. The molecule has 1 rings (SSSR count). The van der Waals surface area contributed by atoms with Crippen molar-refractivity contribution in [3.05, 3.63) is 23.8 Å². The number of halogens is 1. The van der Waals surface area contributed by atoms with E-state index >= 15 is 0 Å². The van der Waals surface area contributed by atoms with Crippen molar-refractivity contribution < 1.29 is 0 Å². The third kappa shape index (κ3) is 1.76. The molecule has 3 nitrogen and oxygen atoms in total. The predicted molar refractivity (Wildman–Crippen MR) is 48.2 cm³/mol. The van der Waals surface area contributed by atoms with Crippen LogP contribution in [0.25, 0.3) is 0 Å². The van der Waals surface area contributed by atoms with E-state index in [-0.39, 0.29) is 0 Å². The summed E-state index contributed by atoms with van der Waals surface area (Å²) >= 11 is 5.59. The smallest absolute Gasteiger partial charge is 0.0716 e. The Labute approximate surface area is 70.3 Å². The van der Waals surface area contributed by atoms with Crippen LogP contribution in [0.1, 0.15) is 5.56 Å². The Morgan fingerprint density at radius 2 is 2.18 bits per heavy atom. The van der Waals surface area contributed by atoms with E-state index in [0.717, 1.165) is 11.3 Å². The summed E-state index contributed by atoms with van der Waals surface area (Å²) in [5, 5.41) is 0. The van der Waals surface area contributed by atoms with Crippen LogP contribution in [-0.2, 0) is 5.88 Å². The number of hydrazine groups is 1. The lowest BCUT2D eigenvalue weighted by molar-refractivity contribution is 1.33. The second-order valence-electron chi connectivity index (χ2n) is 2.20. The summed E-state index contributed by atoms with van der Waals surface area (Å²) in [5.74, 6) is 5.65. The van der Waals surface area contributed by atoms with Gasteiger partial charge in [-0.3, -0.25) is 5.84 Å². The molecule has 4 heteroatoms. The van der Waals surface area contributed by atoms with Gasteiger partial charge in [-0.25, -0.2) is 0 Å². The molecule has 0 aliphatic carbocycles. The van der Waals surface area contributed by atoms with Crippen molar-refractivity contribution in [1.29, 1.82) is 0 Å². The third-order valence-corrected chi connectivity index (χ3v) is 1.73. The zero-order valence-electron chi connectivity index (χ0n) is 5.97. The molecule has 0 heterocycles. The number of rotatable bonds is 2. The fourth-order valence-corrected chi connectivity index (χ4v) is 0.993. The molecule has 0 unspecified atom stereocenters. The Balaban J connectivity index is 2.99. The maximum absolute atomic E-state index is 5.61. The van der Waals surface area contributed by atoms with Crippen molar-refractivity contribution in [3.8, 4) is 0 Å². The zero-order valence-corrected chi connectivity index (χ0v) is 6.73. The van der Waals surface area contributed by atoms with Gasteiger partial charge in [-0.05, 0) is 17.7 Å². The Morgan fingerprint density at radius 3 is 2.64 bits per heavy atom. The van der Waals surface area contributed by atoms with Crippen LogP contribution in [-0.4, -0.2) is 0 Å². The van der Waals surface area contributed by atoms with Crippen LogP contribution in [0.4, 0.5) is 11.4 Å². The van der Waals surface area contributed by atoms with Gasteiger partial charge in [0.1, 0.15) is 0 Å². The maximum atomic E-state index is 5.61. The van der Waals surface area contributed by atoms with Crippen LogP contribution in [0, 0.1) is 0 Å². The molecule has 0 spiro atoms. The molecule has 5 N–H and O–H groups in total. The van der Waals surface area contributed by atoms with Gasteiger partial charge >= 0.3 is 0 Å². The number of anilines is 2. The Kier molecular flexibility index (Phi) is 2.57. The lowest BCUT2D eigenvalue weighted by Crippen LogP contribution is -2.08. The van der Waals surface area contributed by atoms with E-state index in [2.05, 4.69) is 5.43 Å². The lowest BCUT2D eigenvalue weighted by Gasteiger charge is -2.04. The van der Waals surface area contributed by atoms with E-state index in [9.17, 15) is 0 Å². The van der Waals surface area contributed by atoms with E-state index in [0.29, 0.717) is 11.6 Å². The lowest BCUT2D eigenvalue weighted by atomic mass is 10.2. The highest BCUT2D eigenvalue weighted by Gasteiger charge is 1.96. The van der Waals surface area contributed by atoms with Crippen LogP contribution >= 0.6 is 11.6 Å². The molecule has 0 radical (unpaired) electrons. The standard InChI is InChI=1S/C7H10ClN3/c8-4-5-1-2-7(11-10)6(9)3-5/h1-3,11H,4,9-10H2. The van der Waals surface area contributed by atoms with Crippen molar-refractivity contribution in [3.63, 3.8) is 0 Å². The monoisotopic (exact) mass is 171 g/mol. The third-order valence-electron chi connectivity index (χ3n) is 1.43. The highest BCUT2D eigenvalue weighted by Crippen LogP contribution is 2.19. The van der Waals surface area contributed by atoms with E-state index in [1.807, 2.05) is 6.07 Å². The molecule has 1 aromatic rings. The average molecular weight is 172 g/mol. The molecule has 0 aliphatic heterocycles. The van der Waals surface area contributed by atoms with Crippen molar-refractivity contribution in [2.75, 3.05) is 11.2 Å². The molecule has 0 fully saturated rings. The van der Waals surface area contributed by atoms with Gasteiger partial charge in [0.05, 0.1) is 11.4 Å². The van der Waals surface area contributed by atoms with E-state index < -0.39 is 0 Å². The minimum absolute atomic E-state index is 0.467. The predicted octanol–water partition coefficient (Wildman–Crippen LogP) is 1.29. The number of nitrogens with two attached hydrogens (primary N) is 2. The van der Waals surface area contributed by atoms with Gasteiger partial charge in [-0.2, -0.15) is 0 Å². The summed E-state index contributed by atoms with van der Waals surface area (Å²) in [6.45, 7) is 0. The van der Waals surface area contributed by atoms with Crippen molar-refractivity contribution >= 4 is 23.0 Å². The molecule has 0 atom stereocenters. The number of nitrogens with one attached hydrogen (secondary N) is 1. The first kappa shape index (κ1) is 8.17. The van der Waals surface area contributed by atoms with Gasteiger partial charge in [-0.15, -0.1) is 11.6 Å². The van der Waals surface area contributed by atoms with Gasteiger partial charge in [0.2, 0.25) is 0 Å². The normalized spacial score (nSPS) is 9.64. The quantitative estimate of drug-likeness (QED) is 0.272. The summed E-state index contributed by atoms with van der Waals surface area (Å²) < 4.78 is 0. The minimum atomic E-state index is 0.467. The largest absolute Gasteiger partial charge is 0.397 e. The zero-order chi connectivity index (χ0) is 8.27. The van der Waals surface area contributed by atoms with Gasteiger partial charge in [0.15, 0.2) is 0 Å². The van der Waals surface area contributed by atoms with Crippen LogP contribution in [0.3, 0.4) is 0 Å². The van der Waals surface area contributed by atoms with Crippen LogP contribution in [0.5, 0.6) is 0 Å². The number of hydrogen-bond donors (Lipinski definition) is 3. The van der Waals surface area contributed by atoms with Crippen molar-refractivity contribution in [2.24, 2.45) is 5.84 Å². The molecular weight excluding hydrogens is 162 g/mol. The van der Waals surface area contributed by atoms with Gasteiger partial charge in [0.25, 0.3) is 0 Å². The second-order valence-corrected chi connectivity index (χ2v) is 2.47. The fourth-order valence-electron chi connectivity index (χ4n) is 0.827. The van der Waals surface area contributed by atoms with Gasteiger partial charge in [0, 0.05) is 5.88 Å². The average Bonchev–Trinajstić information content (AvgIpc) is 2.04. The summed E-state index contributed by atoms with van der Waals surface area (Å²) in [7, 11) is 0. The molecule has 0 bridgehead atoms. The Hall–Kier alpha value is -0.930. The highest BCUT2D eigenvalue weighted by molar-refractivity contribution is 6.17. The maximum Gasteiger partial charge on any atom is 0.0716 e. The van der Waals surface area contributed by atoms with Crippen molar-refractivity contribution in [2.45, 2.75) is 5.88 Å². The topological polar surface area (TPSA) is 64.1 Å². The summed E-state index contributed by atoms with van der Waals surface area (Å²) in [6.07, 6.45) is 0. The van der Waals surface area contributed by atoms with Gasteiger partial charge < -0.3 is 11.2 Å². The summed E-state index contributed by atoms with van der Waals surface area (Å²) in [6, 6.07) is 5.47. The first-order valence-electron chi connectivity index (χ1n) is 3.19. The van der Waals surface area contributed by atoms with Crippen molar-refractivity contribution in [1.82, 2.24) is 0 Å². The molecule has 0 saturated heterocycles. The molecule has 0 aliphatic rings. The first-order valence-corrected chi connectivity index (χ1v) is 3.72. The highest BCUT2D eigenvalue weighted by atomic mass is 35.5. The van der Waals surface area contributed by atoms with Gasteiger partial charge in [-0.1, -0.05) is 6.07 Å². The molecule has 0 amide bonds. The van der Waals surface area contributed by atoms with E-state index in [4.69, 9.17) is 23.2 Å². The number of nitrogen functional groups attached to an aromatic ring is 2. The second kappa shape index (κ2) is 3.46. The number of alkyl halides is 1. The van der Waals surface area contributed by atoms with E-state index in [1.165, 1.54) is 0 Å². The van der Waals surface area contributed by atoms with E-state index in [1.54, 1.807) is 12.1 Å². The Morgan fingerprint density at radius 1 is 1.45 bits per heavy atom. The molecule has 11 heavy (non-hydrogen) atoms.